The quantitative estimate of drug-likeness (QED) is 0.0167. The van der Waals surface area contributed by atoms with Crippen molar-refractivity contribution in [3.05, 3.63) is 108 Å². The monoisotopic (exact) mass is 1060 g/mol. The average Bonchev–Trinajstić information content (AvgIpc) is 3.82. The lowest BCUT2D eigenvalue weighted by atomic mass is 9.85. The first-order chi connectivity index (χ1) is 36.6. The summed E-state index contributed by atoms with van der Waals surface area (Å²) in [5, 5.41) is 22.4. The number of aromatic nitrogens is 1. The smallest absolute Gasteiger partial charge is 0.243 e. The Morgan fingerprint density at radius 2 is 1.71 bits per heavy atom. The van der Waals surface area contributed by atoms with Gasteiger partial charge >= 0.3 is 0 Å². The van der Waals surface area contributed by atoms with Crippen molar-refractivity contribution < 1.29 is 42.9 Å². The molecule has 76 heavy (non-hydrogen) atoms. The number of nitrogens with one attached hydrogen (secondary N) is 5. The fraction of sp³-hybridized carbons (Fsp3) is 0.429. The number of carbonyl (C=O) groups excluding carboxylic acids is 5. The van der Waals surface area contributed by atoms with E-state index in [0.717, 1.165) is 35.0 Å². The van der Waals surface area contributed by atoms with Crippen LogP contribution in [0.3, 0.4) is 0 Å². The van der Waals surface area contributed by atoms with Crippen LogP contribution in [0.4, 0.5) is 15.8 Å². The molecule has 7 rings (SSSR count). The molecule has 2 fully saturated rings. The molecular weight excluding hydrogens is 988 g/mol. The Morgan fingerprint density at radius 1 is 0.934 bits per heavy atom. The Bertz CT molecular complexity index is 2820. The Balaban J connectivity index is 1.09. The summed E-state index contributed by atoms with van der Waals surface area (Å²) in [5.41, 5.74) is 21.0. The number of benzene rings is 4. The third-order valence-electron chi connectivity index (χ3n) is 14.2. The molecule has 4 aromatic carbocycles. The molecule has 0 spiro atoms. The van der Waals surface area contributed by atoms with Crippen LogP contribution in [0, 0.1) is 23.6 Å². The largest absolute Gasteiger partial charge is 0.508 e. The molecule has 0 bridgehead atoms. The van der Waals surface area contributed by atoms with E-state index in [0.29, 0.717) is 87.3 Å². The average molecular weight is 1060 g/mol. The van der Waals surface area contributed by atoms with Crippen LogP contribution in [0.25, 0.3) is 22.0 Å². The summed E-state index contributed by atoms with van der Waals surface area (Å²) in [5.74, 6) is -3.89. The van der Waals surface area contributed by atoms with Gasteiger partial charge < -0.3 is 62.9 Å². The number of phenols is 1. The van der Waals surface area contributed by atoms with Gasteiger partial charge in [0.05, 0.1) is 42.8 Å². The zero-order valence-electron chi connectivity index (χ0n) is 43.0. The predicted octanol–water partition coefficient (Wildman–Crippen LogP) is 4.70. The van der Waals surface area contributed by atoms with Crippen LogP contribution >= 0.6 is 0 Å². The van der Waals surface area contributed by atoms with Crippen molar-refractivity contribution in [2.24, 2.45) is 39.9 Å². The number of para-hydroxylation sites is 1. The number of nitrogens with two attached hydrogens (primary N) is 3. The fourth-order valence-corrected chi connectivity index (χ4v) is 10.5. The number of aliphatic imine (C=N–C) groups is 1. The van der Waals surface area contributed by atoms with Crippen LogP contribution < -0.4 is 48.1 Å². The van der Waals surface area contributed by atoms with Crippen LogP contribution in [0.15, 0.2) is 96.1 Å². The molecule has 18 nitrogen and oxygen atoms in total. The number of anilines is 2. The summed E-state index contributed by atoms with van der Waals surface area (Å²) < 4.78 is 26.1. The number of rotatable bonds is 25. The minimum Gasteiger partial charge on any atom is -0.508 e. The minimum absolute atomic E-state index is 0.0441. The molecule has 12 N–H and O–H groups in total. The number of Topliss-reactive ketones (excluding diaryl/α,β-unsaturated/α-hetero) is 1. The number of halogens is 1. The Labute approximate surface area is 445 Å². The molecule has 4 amide bonds. The van der Waals surface area contributed by atoms with Gasteiger partial charge in [0.1, 0.15) is 29.1 Å². The van der Waals surface area contributed by atoms with Crippen LogP contribution in [0.2, 0.25) is 0 Å². The molecule has 3 radical (unpaired) electrons. The van der Waals surface area contributed by atoms with Crippen LogP contribution in [-0.4, -0.2) is 120 Å². The van der Waals surface area contributed by atoms with E-state index in [-0.39, 0.29) is 66.7 Å². The third kappa shape index (κ3) is 15.9. The molecule has 1 saturated heterocycles. The third-order valence-corrected chi connectivity index (χ3v) is 14.8. The van der Waals surface area contributed by atoms with Gasteiger partial charge in [0, 0.05) is 90.3 Å². The molecule has 6 atom stereocenters. The van der Waals surface area contributed by atoms with Gasteiger partial charge in [0.25, 0.3) is 0 Å². The number of methoxy groups -OCH3 is 1. The number of aromatic amines is 1. The van der Waals surface area contributed by atoms with Gasteiger partial charge in [-0.3, -0.25) is 29.0 Å². The Morgan fingerprint density at radius 3 is 2.45 bits per heavy atom. The number of H-pyrrole nitrogens is 1. The van der Waals surface area contributed by atoms with Crippen LogP contribution in [0.5, 0.6) is 11.5 Å². The van der Waals surface area contributed by atoms with Crippen molar-refractivity contribution in [2.45, 2.75) is 88.4 Å². The topological polar surface area (TPSA) is 282 Å². The van der Waals surface area contributed by atoms with Crippen molar-refractivity contribution in [1.82, 2.24) is 20.9 Å². The molecule has 20 heteroatoms. The maximum atomic E-state index is 15.1. The molecule has 2 aliphatic rings. The van der Waals surface area contributed by atoms with Gasteiger partial charge in [-0.1, -0.05) is 55.3 Å². The SMILES string of the molecule is COc1ccccc1-c1ccc(C[C@@H](C(=O)CC[C@@H](CCCCN=C(N)N)C(=O)NCC(=O)Nc2ccc(N3CCOCC3)c(F)c2)C([Si])NC(=O)[C@H](Cc2c[nH]c3ccc(O)cc23)NC(=O)[C@H]2CCC[C@H](N)C2)cc1. The molecule has 403 valence electrons. The first-order valence-electron chi connectivity index (χ1n) is 26.0. The number of fused-ring (bicyclic) bond motifs is 1. The highest BCUT2D eigenvalue weighted by Gasteiger charge is 2.34. The lowest BCUT2D eigenvalue weighted by Gasteiger charge is -2.29. The van der Waals surface area contributed by atoms with Gasteiger partial charge in [-0.25, -0.2) is 4.39 Å². The zero-order valence-corrected chi connectivity index (χ0v) is 44.0. The minimum atomic E-state index is -1.08. The summed E-state index contributed by atoms with van der Waals surface area (Å²) in [7, 11) is 5.38. The number of amides is 4. The van der Waals surface area contributed by atoms with Gasteiger partial charge in [-0.05, 0) is 104 Å². The lowest BCUT2D eigenvalue weighted by Crippen LogP contribution is -2.55. The lowest BCUT2D eigenvalue weighted by molar-refractivity contribution is -0.132. The number of guanidine groups is 1. The number of phenolic OH excluding ortho intramolecular Hbond substituents is 1. The molecule has 2 heterocycles. The van der Waals surface area contributed by atoms with Crippen molar-refractivity contribution in [3.63, 3.8) is 0 Å². The molecular formula is C56H70FN10O8Si. The number of unbranched alkanes of at least 4 members (excludes halogenated alkanes) is 1. The van der Waals surface area contributed by atoms with Gasteiger partial charge in [-0.2, -0.15) is 0 Å². The number of carbonyl (C=O) groups is 5. The number of ether oxygens (including phenoxy) is 2. The molecule has 1 aromatic heterocycles. The standard InChI is InChI=1S/C56H70FN10O8Si/c1-74-50-11-3-2-10-42(50)35-14-12-34(13-15-35)27-44(55(76)66-54(73)47(65-53(72)37-8-6-9-39(58)28-37)29-38-32-62-46-19-18-41(68)31-43(38)46)49(69)21-16-36(7-4-5-22-61-56(59)60)52(71)63-33-51(70)64-40-17-20-48(45(57)30-40)67-23-25-75-26-24-67/h2-3,10-15,17-20,30-32,36-37,39,44,47,55,62,68H,4-9,16,21-29,33,58H2,1H3,(H,63,71)(H,64,70)(H,65,72)(H,66,73)(H4,59,60,61)/t36-,37+,39+,44+,47+,55?/m1/s1. The predicted molar refractivity (Wildman–Crippen MR) is 292 cm³/mol. The Kier molecular flexibility index (Phi) is 20.4. The second-order valence-electron chi connectivity index (χ2n) is 19.7. The van der Waals surface area contributed by atoms with Crippen molar-refractivity contribution in [2.75, 3.05) is 56.7 Å². The second-order valence-corrected chi connectivity index (χ2v) is 20.3. The highest BCUT2D eigenvalue weighted by Crippen LogP contribution is 2.31. The van der Waals surface area contributed by atoms with Crippen LogP contribution in [-0.2, 0) is 41.6 Å². The number of hydrogen-bond acceptors (Lipinski definition) is 11. The van der Waals surface area contributed by atoms with Crippen molar-refractivity contribution >= 4 is 67.9 Å². The fourth-order valence-electron chi connectivity index (χ4n) is 10.0. The normalized spacial score (nSPS) is 17.1. The van der Waals surface area contributed by atoms with Gasteiger partial charge in [0.2, 0.25) is 23.6 Å². The van der Waals surface area contributed by atoms with E-state index in [1.165, 1.54) is 6.07 Å². The molecule has 5 aromatic rings. The number of hydrogen-bond donors (Lipinski definition) is 9. The van der Waals surface area contributed by atoms with E-state index >= 15 is 4.39 Å². The maximum absolute atomic E-state index is 15.1. The molecule has 1 aliphatic carbocycles. The van der Waals surface area contributed by atoms with Gasteiger partial charge in [-0.15, -0.1) is 0 Å². The number of nitrogens with zero attached hydrogens (tertiary/aromatic N) is 2. The second kappa shape index (κ2) is 27.5. The summed E-state index contributed by atoms with van der Waals surface area (Å²) in [6, 6.07) is 23.4. The van der Waals surface area contributed by atoms with E-state index in [4.69, 9.17) is 26.7 Å². The Hall–Kier alpha value is -7.29. The summed E-state index contributed by atoms with van der Waals surface area (Å²) in [6.45, 7) is 1.99. The first kappa shape index (κ1) is 56.4. The van der Waals surface area contributed by atoms with E-state index in [1.54, 1.807) is 43.6 Å². The first-order valence-corrected chi connectivity index (χ1v) is 26.6. The summed E-state index contributed by atoms with van der Waals surface area (Å²) in [4.78, 5) is 79.4. The van der Waals surface area contributed by atoms with Crippen molar-refractivity contribution in [3.8, 4) is 22.6 Å². The summed E-state index contributed by atoms with van der Waals surface area (Å²) >= 11 is 0. The van der Waals surface area contributed by atoms with E-state index in [9.17, 15) is 29.1 Å². The highest BCUT2D eigenvalue weighted by molar-refractivity contribution is 6.15. The molecule has 1 aliphatic heterocycles. The maximum Gasteiger partial charge on any atom is 0.243 e. The number of morpholine rings is 1. The highest BCUT2D eigenvalue weighted by atomic mass is 28.1. The van der Waals surface area contributed by atoms with E-state index < -0.39 is 53.6 Å². The van der Waals surface area contributed by atoms with E-state index in [2.05, 4.69) is 41.5 Å². The zero-order chi connectivity index (χ0) is 54.1. The van der Waals surface area contributed by atoms with Gasteiger partial charge in [0.15, 0.2) is 5.96 Å². The van der Waals surface area contributed by atoms with Crippen LogP contribution in [0.1, 0.15) is 68.9 Å². The molecule has 1 saturated carbocycles. The number of ketones is 1. The van der Waals surface area contributed by atoms with Crippen molar-refractivity contribution in [1.29, 1.82) is 0 Å². The summed E-state index contributed by atoms with van der Waals surface area (Å²) in [6.07, 6.45) is 6.17. The number of aromatic hydroxyl groups is 1. The molecule has 1 unspecified atom stereocenters. The van der Waals surface area contributed by atoms with E-state index in [1.807, 2.05) is 53.4 Å².